The van der Waals surface area contributed by atoms with Gasteiger partial charge in [0.25, 0.3) is 0 Å². The molecule has 0 spiro atoms. The number of carbonyl (C=O) groups excluding carboxylic acids is 1. The van der Waals surface area contributed by atoms with E-state index in [1.807, 2.05) is 4.90 Å². The third-order valence-corrected chi connectivity index (χ3v) is 2.84. The fourth-order valence-corrected chi connectivity index (χ4v) is 2.21. The fourth-order valence-electron chi connectivity index (χ4n) is 2.04. The van der Waals surface area contributed by atoms with Crippen LogP contribution in [0.1, 0.15) is 12.8 Å². The van der Waals surface area contributed by atoms with E-state index in [4.69, 9.17) is 11.6 Å². The Bertz CT molecular complexity index is 197. The van der Waals surface area contributed by atoms with Crippen LogP contribution in [-0.2, 0) is 4.79 Å². The van der Waals surface area contributed by atoms with Crippen LogP contribution in [0.25, 0.3) is 0 Å². The van der Waals surface area contributed by atoms with Crippen LogP contribution >= 0.6 is 11.6 Å². The summed E-state index contributed by atoms with van der Waals surface area (Å²) in [5.74, 6) is 0.815. The Hall–Kier alpha value is -0.280. The Morgan fingerprint density at radius 3 is 2.86 bits per heavy atom. The molecule has 3 nitrogen and oxygen atoms in total. The van der Waals surface area contributed by atoms with E-state index in [0.717, 1.165) is 26.1 Å². The Labute approximate surface area is 91.0 Å². The van der Waals surface area contributed by atoms with E-state index in [1.165, 1.54) is 6.42 Å². The van der Waals surface area contributed by atoms with Gasteiger partial charge < -0.3 is 9.80 Å². The molecule has 1 saturated heterocycles. The molecule has 0 aliphatic carbocycles. The monoisotopic (exact) mass is 218 g/mol. The van der Waals surface area contributed by atoms with Gasteiger partial charge in [0.15, 0.2) is 0 Å². The number of hydrogen-bond acceptors (Lipinski definition) is 2. The molecule has 0 unspecified atom stereocenters. The Morgan fingerprint density at radius 2 is 2.29 bits per heavy atom. The lowest BCUT2D eigenvalue weighted by Crippen LogP contribution is -2.43. The predicted octanol–water partition coefficient (Wildman–Crippen LogP) is 1.03. The lowest BCUT2D eigenvalue weighted by molar-refractivity contribution is -0.130. The summed E-state index contributed by atoms with van der Waals surface area (Å²) in [7, 11) is 4.14. The molecule has 1 aliphatic heterocycles. The zero-order valence-corrected chi connectivity index (χ0v) is 9.76. The normalized spacial score (nSPS) is 22.9. The number of carbonyl (C=O) groups is 1. The van der Waals surface area contributed by atoms with Crippen molar-refractivity contribution in [3.8, 4) is 0 Å². The van der Waals surface area contributed by atoms with Crippen LogP contribution in [0.3, 0.4) is 0 Å². The Balaban J connectivity index is 2.39. The number of nitrogens with zero attached hydrogens (tertiary/aromatic N) is 2. The predicted molar refractivity (Wildman–Crippen MR) is 58.6 cm³/mol. The van der Waals surface area contributed by atoms with Gasteiger partial charge in [-0.15, -0.1) is 11.6 Å². The first kappa shape index (κ1) is 11.8. The molecular weight excluding hydrogens is 200 g/mol. The molecule has 14 heavy (non-hydrogen) atoms. The minimum Gasteiger partial charge on any atom is -0.341 e. The molecule has 1 heterocycles. The maximum Gasteiger partial charge on any atom is 0.237 e. The van der Waals surface area contributed by atoms with Crippen LogP contribution in [0.4, 0.5) is 0 Å². The van der Waals surface area contributed by atoms with E-state index >= 15 is 0 Å². The molecule has 1 fully saturated rings. The highest BCUT2D eigenvalue weighted by molar-refractivity contribution is 6.27. The van der Waals surface area contributed by atoms with Gasteiger partial charge in [0.05, 0.1) is 0 Å². The van der Waals surface area contributed by atoms with Gasteiger partial charge in [-0.2, -0.15) is 0 Å². The smallest absolute Gasteiger partial charge is 0.237 e. The van der Waals surface area contributed by atoms with Crippen LogP contribution in [0.5, 0.6) is 0 Å². The van der Waals surface area contributed by atoms with Crippen molar-refractivity contribution in [2.45, 2.75) is 12.8 Å². The highest BCUT2D eigenvalue weighted by atomic mass is 35.5. The molecule has 1 amide bonds. The lowest BCUT2D eigenvalue weighted by Gasteiger charge is -2.33. The van der Waals surface area contributed by atoms with Crippen molar-refractivity contribution in [1.82, 2.24) is 9.80 Å². The molecule has 1 rings (SSSR count). The average Bonchev–Trinajstić information content (AvgIpc) is 2.16. The van der Waals surface area contributed by atoms with Gasteiger partial charge >= 0.3 is 0 Å². The molecular formula is C10H19ClN2O. The third-order valence-electron chi connectivity index (χ3n) is 2.61. The standard InChI is InChI=1S/C10H19ClN2O/c1-12(2)7-9-4-3-5-13(8-9)10(14)6-11/h9H,3-8H2,1-2H3/t9-/m1/s1. The van der Waals surface area contributed by atoms with Gasteiger partial charge in [0.1, 0.15) is 5.88 Å². The largest absolute Gasteiger partial charge is 0.341 e. The van der Waals surface area contributed by atoms with Crippen molar-refractivity contribution in [2.24, 2.45) is 5.92 Å². The third kappa shape index (κ3) is 3.46. The van der Waals surface area contributed by atoms with Crippen molar-refractivity contribution < 1.29 is 4.79 Å². The van der Waals surface area contributed by atoms with E-state index in [0.29, 0.717) is 5.92 Å². The van der Waals surface area contributed by atoms with Crippen LogP contribution in [0.2, 0.25) is 0 Å². The SMILES string of the molecule is CN(C)C[C@H]1CCCN(C(=O)CCl)C1. The summed E-state index contributed by atoms with van der Waals surface area (Å²) >= 11 is 5.54. The summed E-state index contributed by atoms with van der Waals surface area (Å²) in [5.41, 5.74) is 0. The molecule has 1 aliphatic rings. The summed E-state index contributed by atoms with van der Waals surface area (Å²) in [6, 6.07) is 0. The molecule has 0 radical (unpaired) electrons. The molecule has 0 aromatic carbocycles. The van der Waals surface area contributed by atoms with Crippen molar-refractivity contribution >= 4 is 17.5 Å². The Morgan fingerprint density at radius 1 is 1.57 bits per heavy atom. The van der Waals surface area contributed by atoms with Gasteiger partial charge in [0, 0.05) is 19.6 Å². The highest BCUT2D eigenvalue weighted by Crippen LogP contribution is 2.17. The molecule has 0 bridgehead atoms. The summed E-state index contributed by atoms with van der Waals surface area (Å²) in [6.07, 6.45) is 2.34. The van der Waals surface area contributed by atoms with Gasteiger partial charge in [0.2, 0.25) is 5.91 Å². The van der Waals surface area contributed by atoms with Gasteiger partial charge in [-0.05, 0) is 32.9 Å². The molecule has 0 saturated carbocycles. The van der Waals surface area contributed by atoms with Crippen LogP contribution in [-0.4, -0.2) is 55.3 Å². The molecule has 1 atom stereocenters. The highest BCUT2D eigenvalue weighted by Gasteiger charge is 2.22. The zero-order valence-electron chi connectivity index (χ0n) is 9.00. The summed E-state index contributed by atoms with van der Waals surface area (Å²) < 4.78 is 0. The molecule has 4 heteroatoms. The second-order valence-electron chi connectivity index (χ2n) is 4.24. The number of hydrogen-bond donors (Lipinski definition) is 0. The molecule has 82 valence electrons. The second-order valence-corrected chi connectivity index (χ2v) is 4.51. The summed E-state index contributed by atoms with van der Waals surface area (Å²) in [4.78, 5) is 15.5. The second kappa shape index (κ2) is 5.56. The lowest BCUT2D eigenvalue weighted by atomic mass is 9.98. The van der Waals surface area contributed by atoms with Crippen molar-refractivity contribution in [1.29, 1.82) is 0 Å². The first-order chi connectivity index (χ1) is 6.63. The number of alkyl halides is 1. The fraction of sp³-hybridized carbons (Fsp3) is 0.900. The van der Waals surface area contributed by atoms with E-state index in [1.54, 1.807) is 0 Å². The van der Waals surface area contributed by atoms with Crippen molar-refractivity contribution in [3.05, 3.63) is 0 Å². The number of rotatable bonds is 3. The minimum atomic E-state index is 0.0788. The van der Waals surface area contributed by atoms with E-state index in [2.05, 4.69) is 19.0 Å². The maximum atomic E-state index is 11.4. The number of halogens is 1. The number of amides is 1. The number of likely N-dealkylation sites (tertiary alicyclic amines) is 1. The zero-order chi connectivity index (χ0) is 10.6. The summed E-state index contributed by atoms with van der Waals surface area (Å²) in [5, 5.41) is 0. The van der Waals surface area contributed by atoms with E-state index in [-0.39, 0.29) is 11.8 Å². The molecule has 0 N–H and O–H groups in total. The first-order valence-electron chi connectivity index (χ1n) is 5.12. The molecule has 0 aromatic heterocycles. The first-order valence-corrected chi connectivity index (χ1v) is 5.65. The van der Waals surface area contributed by atoms with Crippen LogP contribution in [0, 0.1) is 5.92 Å². The minimum absolute atomic E-state index is 0.0788. The number of piperidine rings is 1. The average molecular weight is 219 g/mol. The topological polar surface area (TPSA) is 23.6 Å². The van der Waals surface area contributed by atoms with Gasteiger partial charge in [-0.3, -0.25) is 4.79 Å². The molecule has 0 aromatic rings. The van der Waals surface area contributed by atoms with E-state index in [9.17, 15) is 4.79 Å². The maximum absolute atomic E-state index is 11.4. The van der Waals surface area contributed by atoms with Gasteiger partial charge in [-0.25, -0.2) is 0 Å². The van der Waals surface area contributed by atoms with Gasteiger partial charge in [-0.1, -0.05) is 0 Å². The van der Waals surface area contributed by atoms with Crippen molar-refractivity contribution in [2.75, 3.05) is 39.6 Å². The summed E-state index contributed by atoms with van der Waals surface area (Å²) in [6.45, 7) is 2.82. The van der Waals surface area contributed by atoms with Crippen LogP contribution in [0.15, 0.2) is 0 Å². The quantitative estimate of drug-likeness (QED) is 0.661. The van der Waals surface area contributed by atoms with Crippen molar-refractivity contribution in [3.63, 3.8) is 0 Å². The van der Waals surface area contributed by atoms with E-state index < -0.39 is 0 Å². The van der Waals surface area contributed by atoms with Crippen LogP contribution < -0.4 is 0 Å². The Kier molecular flexibility index (Phi) is 4.69.